The molecule has 0 aliphatic heterocycles. The third-order valence-corrected chi connectivity index (χ3v) is 5.28. The number of likely N-dealkylation sites (N-methyl/N-ethyl adjacent to an activating group) is 1. The molecule has 0 radical (unpaired) electrons. The molecule has 0 saturated heterocycles. The van der Waals surface area contributed by atoms with Gasteiger partial charge in [0.2, 0.25) is 0 Å². The Morgan fingerprint density at radius 1 is 1.29 bits per heavy atom. The van der Waals surface area contributed by atoms with Gasteiger partial charge in [-0.05, 0) is 25.2 Å². The van der Waals surface area contributed by atoms with Gasteiger partial charge in [-0.15, -0.1) is 11.3 Å². The molecular weight excluding hydrogens is 322 g/mol. The Hall–Kier alpha value is -1.92. The largest absolute Gasteiger partial charge is 0.464 e. The molecule has 0 aromatic carbocycles. The highest BCUT2D eigenvalue weighted by Crippen LogP contribution is 2.31. The minimum Gasteiger partial charge on any atom is -0.464 e. The van der Waals surface area contributed by atoms with Crippen LogP contribution in [0.2, 0.25) is 0 Å². The Morgan fingerprint density at radius 2 is 2.08 bits per heavy atom. The smallest absolute Gasteiger partial charge is 0.263 e. The first-order chi connectivity index (χ1) is 11.7. The lowest BCUT2D eigenvalue weighted by Crippen LogP contribution is -2.33. The maximum Gasteiger partial charge on any atom is 0.263 e. The number of thiophene rings is 1. The maximum atomic E-state index is 13.1. The third kappa shape index (κ3) is 3.03. The molecule has 3 aromatic heterocycles. The van der Waals surface area contributed by atoms with Gasteiger partial charge in [-0.25, -0.2) is 4.98 Å². The second kappa shape index (κ2) is 7.32. The molecule has 0 atom stereocenters. The summed E-state index contributed by atoms with van der Waals surface area (Å²) in [5.41, 5.74) is 0.883. The van der Waals surface area contributed by atoms with Crippen molar-refractivity contribution in [3.63, 3.8) is 0 Å². The summed E-state index contributed by atoms with van der Waals surface area (Å²) in [6.45, 7) is 9.82. The van der Waals surface area contributed by atoms with Crippen LogP contribution in [0.3, 0.4) is 0 Å². The van der Waals surface area contributed by atoms with Crippen molar-refractivity contribution in [3.05, 3.63) is 40.0 Å². The van der Waals surface area contributed by atoms with E-state index in [9.17, 15) is 4.79 Å². The second-order valence-corrected chi connectivity index (χ2v) is 6.53. The van der Waals surface area contributed by atoms with Crippen LogP contribution in [0, 0.1) is 0 Å². The van der Waals surface area contributed by atoms with Crippen molar-refractivity contribution in [1.29, 1.82) is 0 Å². The molecule has 6 heteroatoms. The van der Waals surface area contributed by atoms with Gasteiger partial charge in [0.25, 0.3) is 5.56 Å². The van der Waals surface area contributed by atoms with Gasteiger partial charge in [0.15, 0.2) is 0 Å². The molecule has 0 saturated carbocycles. The quantitative estimate of drug-likeness (QED) is 0.656. The summed E-state index contributed by atoms with van der Waals surface area (Å²) in [7, 11) is 0. The van der Waals surface area contributed by atoms with Gasteiger partial charge in [-0.3, -0.25) is 9.36 Å². The number of fused-ring (bicyclic) bond motifs is 1. The summed E-state index contributed by atoms with van der Waals surface area (Å²) in [4.78, 5) is 21.0. The van der Waals surface area contributed by atoms with Crippen LogP contribution >= 0.6 is 11.3 Å². The standard InChI is InChI=1S/C18H23N3O2S/c1-4-15-19-17-16(13(12-24-17)14-8-7-11-23-14)18(22)21(15)10-9-20(5-2)6-3/h7-8,11-12H,4-6,9-10H2,1-3H3. The fourth-order valence-electron chi connectivity index (χ4n) is 2.96. The summed E-state index contributed by atoms with van der Waals surface area (Å²) in [6.07, 6.45) is 2.38. The van der Waals surface area contributed by atoms with Crippen molar-refractivity contribution in [2.24, 2.45) is 0 Å². The molecule has 3 rings (SSSR count). The zero-order valence-corrected chi connectivity index (χ0v) is 15.2. The zero-order valence-electron chi connectivity index (χ0n) is 14.4. The van der Waals surface area contributed by atoms with Crippen LogP contribution in [0.4, 0.5) is 0 Å². The van der Waals surface area contributed by atoms with E-state index in [0.29, 0.717) is 11.9 Å². The van der Waals surface area contributed by atoms with Gasteiger partial charge in [0.1, 0.15) is 16.4 Å². The number of aryl methyl sites for hydroxylation is 1. The topological polar surface area (TPSA) is 51.3 Å². The molecule has 0 spiro atoms. The Bertz CT molecular complexity index is 860. The van der Waals surface area contributed by atoms with Crippen LogP contribution in [0.1, 0.15) is 26.6 Å². The predicted molar refractivity (Wildman–Crippen MR) is 98.7 cm³/mol. The number of hydrogen-bond donors (Lipinski definition) is 0. The van der Waals surface area contributed by atoms with Gasteiger partial charge >= 0.3 is 0 Å². The number of rotatable bonds is 7. The monoisotopic (exact) mass is 345 g/mol. The summed E-state index contributed by atoms with van der Waals surface area (Å²) >= 11 is 1.50. The Balaban J connectivity index is 2.08. The molecule has 0 N–H and O–H groups in total. The van der Waals surface area contributed by atoms with E-state index in [1.807, 2.05) is 29.0 Å². The lowest BCUT2D eigenvalue weighted by Gasteiger charge is -2.19. The maximum absolute atomic E-state index is 13.1. The number of aromatic nitrogens is 2. The van der Waals surface area contributed by atoms with Crippen molar-refractivity contribution in [2.75, 3.05) is 19.6 Å². The van der Waals surface area contributed by atoms with E-state index >= 15 is 0 Å². The first-order valence-corrected chi connectivity index (χ1v) is 9.34. The highest BCUT2D eigenvalue weighted by atomic mass is 32.1. The van der Waals surface area contributed by atoms with E-state index in [2.05, 4.69) is 18.7 Å². The second-order valence-electron chi connectivity index (χ2n) is 5.67. The summed E-state index contributed by atoms with van der Waals surface area (Å²) in [5, 5.41) is 2.64. The summed E-state index contributed by atoms with van der Waals surface area (Å²) < 4.78 is 7.33. The first kappa shape index (κ1) is 16.9. The van der Waals surface area contributed by atoms with Gasteiger partial charge < -0.3 is 9.32 Å². The molecule has 5 nitrogen and oxygen atoms in total. The van der Waals surface area contributed by atoms with Gasteiger partial charge in [-0.2, -0.15) is 0 Å². The molecule has 0 bridgehead atoms. The molecule has 0 unspecified atom stereocenters. The zero-order chi connectivity index (χ0) is 17.1. The first-order valence-electron chi connectivity index (χ1n) is 8.46. The Kier molecular flexibility index (Phi) is 5.16. The highest BCUT2D eigenvalue weighted by molar-refractivity contribution is 7.17. The molecule has 128 valence electrons. The van der Waals surface area contributed by atoms with Crippen LogP contribution < -0.4 is 5.56 Å². The minimum absolute atomic E-state index is 0.0386. The molecule has 0 aliphatic rings. The van der Waals surface area contributed by atoms with Crippen molar-refractivity contribution >= 4 is 21.6 Å². The fourth-order valence-corrected chi connectivity index (χ4v) is 3.90. The van der Waals surface area contributed by atoms with E-state index in [0.717, 1.165) is 48.0 Å². The SMILES string of the molecule is CCc1nc2scc(-c3ccco3)c2c(=O)n1CCN(CC)CC. The average molecular weight is 345 g/mol. The molecular formula is C18H23N3O2S. The number of nitrogens with zero attached hydrogens (tertiary/aromatic N) is 3. The van der Waals surface area contributed by atoms with E-state index in [4.69, 9.17) is 9.40 Å². The minimum atomic E-state index is 0.0386. The van der Waals surface area contributed by atoms with Crippen molar-refractivity contribution < 1.29 is 4.42 Å². The van der Waals surface area contributed by atoms with Crippen LogP contribution in [-0.4, -0.2) is 34.1 Å². The van der Waals surface area contributed by atoms with Gasteiger partial charge in [-0.1, -0.05) is 20.8 Å². The summed E-state index contributed by atoms with van der Waals surface area (Å²) in [6, 6.07) is 3.72. The molecule has 3 heterocycles. The van der Waals surface area contributed by atoms with Gasteiger partial charge in [0, 0.05) is 30.5 Å². The van der Waals surface area contributed by atoms with Crippen LogP contribution in [-0.2, 0) is 13.0 Å². The lowest BCUT2D eigenvalue weighted by atomic mass is 10.2. The third-order valence-electron chi connectivity index (χ3n) is 4.41. The van der Waals surface area contributed by atoms with Crippen LogP contribution in [0.5, 0.6) is 0 Å². The number of hydrogen-bond acceptors (Lipinski definition) is 5. The molecule has 24 heavy (non-hydrogen) atoms. The highest BCUT2D eigenvalue weighted by Gasteiger charge is 2.17. The van der Waals surface area contributed by atoms with E-state index in [-0.39, 0.29) is 5.56 Å². The summed E-state index contributed by atoms with van der Waals surface area (Å²) in [5.74, 6) is 1.58. The molecule has 3 aromatic rings. The van der Waals surface area contributed by atoms with Crippen molar-refractivity contribution in [2.45, 2.75) is 33.7 Å². The van der Waals surface area contributed by atoms with E-state index in [1.54, 1.807) is 6.26 Å². The molecule has 0 aliphatic carbocycles. The molecule has 0 amide bonds. The Morgan fingerprint density at radius 3 is 2.71 bits per heavy atom. The predicted octanol–water partition coefficient (Wildman–Crippen LogP) is 3.62. The lowest BCUT2D eigenvalue weighted by molar-refractivity contribution is 0.287. The van der Waals surface area contributed by atoms with Crippen LogP contribution in [0.15, 0.2) is 33.0 Å². The van der Waals surface area contributed by atoms with E-state index in [1.165, 1.54) is 11.3 Å². The average Bonchev–Trinajstić information content (AvgIpc) is 3.25. The number of furan rings is 1. The van der Waals surface area contributed by atoms with Crippen LogP contribution in [0.25, 0.3) is 21.5 Å². The van der Waals surface area contributed by atoms with E-state index < -0.39 is 0 Å². The fraction of sp³-hybridized carbons (Fsp3) is 0.444. The van der Waals surface area contributed by atoms with Crippen molar-refractivity contribution in [3.8, 4) is 11.3 Å². The Labute approximate surface area is 145 Å². The normalized spacial score (nSPS) is 11.7. The molecule has 0 fully saturated rings. The van der Waals surface area contributed by atoms with Crippen molar-refractivity contribution in [1.82, 2.24) is 14.5 Å². The van der Waals surface area contributed by atoms with Gasteiger partial charge in [0.05, 0.1) is 11.6 Å².